The molecule has 2 N–H and O–H groups in total. The summed E-state index contributed by atoms with van der Waals surface area (Å²) >= 11 is 6.84. The summed E-state index contributed by atoms with van der Waals surface area (Å²) in [6, 6.07) is 19.0. The van der Waals surface area contributed by atoms with Crippen molar-refractivity contribution < 1.29 is 18.7 Å². The van der Waals surface area contributed by atoms with Gasteiger partial charge in [-0.3, -0.25) is 19.9 Å². The lowest BCUT2D eigenvalue weighted by molar-refractivity contribution is -0.118. The highest BCUT2D eigenvalue weighted by molar-refractivity contribution is 8.19. The highest BCUT2D eigenvalue weighted by Crippen LogP contribution is 2.36. The average molecular weight is 482 g/mol. The van der Waals surface area contributed by atoms with Gasteiger partial charge in [0.15, 0.2) is 11.8 Å². The molecule has 2 amide bonds. The summed E-state index contributed by atoms with van der Waals surface area (Å²) in [6.07, 6.45) is 1.61. The quantitative estimate of drug-likeness (QED) is 0.452. The second-order valence-electron chi connectivity index (χ2n) is 6.91. The molecule has 3 aromatic carbocycles. The van der Waals surface area contributed by atoms with Gasteiger partial charge in [-0.15, -0.1) is 0 Å². The van der Waals surface area contributed by atoms with Crippen LogP contribution in [0.25, 0.3) is 6.08 Å². The standard InChI is InChI=1S/C24H17ClFN3O3S/c25-16-5-9-18(10-6-16)28-22(30)14-32-20-4-2-1-3-15(20)13-21-23(31)29(24(27)33-21)19-11-7-17(26)8-12-19/h1-13,27H,14H2,(H,28,30)/b21-13-,27-24?. The summed E-state index contributed by atoms with van der Waals surface area (Å²) in [5.41, 5.74) is 1.59. The Morgan fingerprint density at radius 2 is 1.79 bits per heavy atom. The molecule has 1 aliphatic heterocycles. The predicted molar refractivity (Wildman–Crippen MR) is 129 cm³/mol. The molecule has 0 spiro atoms. The second-order valence-corrected chi connectivity index (χ2v) is 8.38. The molecule has 6 nitrogen and oxygen atoms in total. The van der Waals surface area contributed by atoms with Crippen LogP contribution in [-0.2, 0) is 9.59 Å². The van der Waals surface area contributed by atoms with E-state index < -0.39 is 11.7 Å². The van der Waals surface area contributed by atoms with Crippen molar-refractivity contribution in [3.63, 3.8) is 0 Å². The monoisotopic (exact) mass is 481 g/mol. The van der Waals surface area contributed by atoms with Crippen LogP contribution in [0.4, 0.5) is 15.8 Å². The molecule has 166 valence electrons. The Labute approximate surface area is 198 Å². The Morgan fingerprint density at radius 3 is 2.52 bits per heavy atom. The van der Waals surface area contributed by atoms with Crippen molar-refractivity contribution in [1.82, 2.24) is 0 Å². The van der Waals surface area contributed by atoms with Gasteiger partial charge in [-0.1, -0.05) is 29.8 Å². The number of nitrogens with zero attached hydrogens (tertiary/aromatic N) is 1. The normalized spacial score (nSPS) is 14.6. The Balaban J connectivity index is 1.47. The molecule has 1 saturated heterocycles. The zero-order valence-electron chi connectivity index (χ0n) is 17.0. The van der Waals surface area contributed by atoms with Gasteiger partial charge in [-0.05, 0) is 72.4 Å². The van der Waals surface area contributed by atoms with Crippen molar-refractivity contribution in [2.75, 3.05) is 16.8 Å². The molecule has 0 unspecified atom stereocenters. The number of thioether (sulfide) groups is 1. The lowest BCUT2D eigenvalue weighted by atomic mass is 10.2. The lowest BCUT2D eigenvalue weighted by Gasteiger charge is -2.14. The van der Waals surface area contributed by atoms with Crippen molar-refractivity contribution in [3.05, 3.63) is 94.1 Å². The fourth-order valence-corrected chi connectivity index (χ4v) is 4.04. The van der Waals surface area contributed by atoms with Gasteiger partial charge in [0.2, 0.25) is 0 Å². The molecule has 1 heterocycles. The van der Waals surface area contributed by atoms with E-state index in [1.54, 1.807) is 54.6 Å². The first-order valence-electron chi connectivity index (χ1n) is 9.76. The summed E-state index contributed by atoms with van der Waals surface area (Å²) in [5.74, 6) is -0.759. The number of anilines is 2. The molecule has 9 heteroatoms. The number of rotatable bonds is 6. The van der Waals surface area contributed by atoms with Crippen molar-refractivity contribution in [2.45, 2.75) is 0 Å². The highest BCUT2D eigenvalue weighted by atomic mass is 35.5. The Kier molecular flexibility index (Phi) is 6.76. The third kappa shape index (κ3) is 5.42. The first kappa shape index (κ1) is 22.6. The Bertz CT molecular complexity index is 1250. The van der Waals surface area contributed by atoms with Crippen molar-refractivity contribution in [2.24, 2.45) is 0 Å². The third-order valence-corrected chi connectivity index (χ3v) is 5.74. The molecule has 1 aliphatic rings. The fourth-order valence-electron chi connectivity index (χ4n) is 3.06. The predicted octanol–water partition coefficient (Wildman–Crippen LogP) is 5.55. The molecule has 0 saturated carbocycles. The molecule has 4 rings (SSSR count). The van der Waals surface area contributed by atoms with Crippen LogP contribution in [0.15, 0.2) is 77.7 Å². The number of carbonyl (C=O) groups is 2. The Morgan fingerprint density at radius 1 is 1.09 bits per heavy atom. The number of hydrogen-bond donors (Lipinski definition) is 2. The summed E-state index contributed by atoms with van der Waals surface area (Å²) in [6.45, 7) is -0.235. The number of hydrogen-bond acceptors (Lipinski definition) is 5. The molecule has 0 aliphatic carbocycles. The number of carbonyl (C=O) groups excluding carboxylic acids is 2. The van der Waals surface area contributed by atoms with Crippen LogP contribution in [-0.4, -0.2) is 23.6 Å². The minimum atomic E-state index is -0.425. The number of amidine groups is 1. The maximum Gasteiger partial charge on any atom is 0.271 e. The smallest absolute Gasteiger partial charge is 0.271 e. The third-order valence-electron chi connectivity index (χ3n) is 4.60. The van der Waals surface area contributed by atoms with Gasteiger partial charge in [0.1, 0.15) is 11.6 Å². The van der Waals surface area contributed by atoms with Crippen LogP contribution in [0, 0.1) is 11.2 Å². The molecular formula is C24H17ClFN3O3S. The van der Waals surface area contributed by atoms with Gasteiger partial charge in [-0.2, -0.15) is 0 Å². The van der Waals surface area contributed by atoms with E-state index in [1.165, 1.54) is 29.2 Å². The van der Waals surface area contributed by atoms with E-state index >= 15 is 0 Å². The van der Waals surface area contributed by atoms with E-state index in [9.17, 15) is 14.0 Å². The van der Waals surface area contributed by atoms with Gasteiger partial charge >= 0.3 is 0 Å². The number of ether oxygens (including phenoxy) is 1. The van der Waals surface area contributed by atoms with Crippen LogP contribution >= 0.6 is 23.4 Å². The number of para-hydroxylation sites is 1. The maximum atomic E-state index is 13.2. The van der Waals surface area contributed by atoms with Gasteiger partial charge < -0.3 is 10.1 Å². The zero-order valence-corrected chi connectivity index (χ0v) is 18.6. The highest BCUT2D eigenvalue weighted by Gasteiger charge is 2.33. The van der Waals surface area contributed by atoms with E-state index in [0.29, 0.717) is 32.6 Å². The van der Waals surface area contributed by atoms with Gasteiger partial charge in [0.05, 0.1) is 10.6 Å². The average Bonchev–Trinajstić information content (AvgIpc) is 3.08. The lowest BCUT2D eigenvalue weighted by Crippen LogP contribution is -2.28. The Hall–Kier alpha value is -3.62. The number of amides is 2. The molecule has 0 bridgehead atoms. The first-order valence-corrected chi connectivity index (χ1v) is 11.0. The molecule has 33 heavy (non-hydrogen) atoms. The topological polar surface area (TPSA) is 82.5 Å². The van der Waals surface area contributed by atoms with Gasteiger partial charge in [0, 0.05) is 16.3 Å². The minimum absolute atomic E-state index is 0.0126. The summed E-state index contributed by atoms with van der Waals surface area (Å²) in [7, 11) is 0. The number of halogens is 2. The molecular weight excluding hydrogens is 465 g/mol. The van der Waals surface area contributed by atoms with Crippen LogP contribution in [0.2, 0.25) is 5.02 Å². The van der Waals surface area contributed by atoms with E-state index in [1.807, 2.05) is 0 Å². The van der Waals surface area contributed by atoms with E-state index in [-0.39, 0.29) is 17.7 Å². The van der Waals surface area contributed by atoms with Crippen molar-refractivity contribution >= 4 is 57.8 Å². The summed E-state index contributed by atoms with van der Waals surface area (Å²) in [5, 5.41) is 11.5. The van der Waals surface area contributed by atoms with Crippen molar-refractivity contribution in [3.8, 4) is 5.75 Å². The van der Waals surface area contributed by atoms with E-state index in [0.717, 1.165) is 11.8 Å². The molecule has 1 fully saturated rings. The van der Waals surface area contributed by atoms with E-state index in [4.69, 9.17) is 21.7 Å². The minimum Gasteiger partial charge on any atom is -0.483 e. The first-order chi connectivity index (χ1) is 15.9. The van der Waals surface area contributed by atoms with E-state index in [2.05, 4.69) is 5.32 Å². The zero-order chi connectivity index (χ0) is 23.4. The second kappa shape index (κ2) is 9.89. The molecule has 0 aromatic heterocycles. The van der Waals surface area contributed by atoms with Gasteiger partial charge in [0.25, 0.3) is 11.8 Å². The van der Waals surface area contributed by atoms with Crippen LogP contribution in [0.1, 0.15) is 5.56 Å². The summed E-state index contributed by atoms with van der Waals surface area (Å²) in [4.78, 5) is 26.7. The van der Waals surface area contributed by atoms with Crippen LogP contribution in [0.3, 0.4) is 0 Å². The molecule has 3 aromatic rings. The molecule has 0 radical (unpaired) electrons. The van der Waals surface area contributed by atoms with Crippen LogP contribution in [0.5, 0.6) is 5.75 Å². The fraction of sp³-hybridized carbons (Fsp3) is 0.0417. The summed E-state index contributed by atoms with van der Waals surface area (Å²) < 4.78 is 18.9. The number of nitrogens with one attached hydrogen (secondary N) is 2. The van der Waals surface area contributed by atoms with Gasteiger partial charge in [-0.25, -0.2) is 4.39 Å². The van der Waals surface area contributed by atoms with Crippen molar-refractivity contribution in [1.29, 1.82) is 5.41 Å². The largest absolute Gasteiger partial charge is 0.483 e. The molecule has 0 atom stereocenters. The number of benzene rings is 3. The SMILES string of the molecule is N=C1S/C(=C\c2ccccc2OCC(=O)Nc2ccc(Cl)cc2)C(=O)N1c1ccc(F)cc1. The maximum absolute atomic E-state index is 13.2. The van der Waals surface area contributed by atoms with Crippen LogP contribution < -0.4 is 15.0 Å².